The maximum atomic E-state index is 12.6. The van der Waals surface area contributed by atoms with E-state index in [9.17, 15) is 8.42 Å². The number of furan rings is 1. The quantitative estimate of drug-likeness (QED) is 0.729. The van der Waals surface area contributed by atoms with Crippen molar-refractivity contribution in [2.24, 2.45) is 0 Å². The van der Waals surface area contributed by atoms with E-state index in [2.05, 4.69) is 14.7 Å². The van der Waals surface area contributed by atoms with Crippen LogP contribution in [0.3, 0.4) is 0 Å². The predicted molar refractivity (Wildman–Crippen MR) is 91.2 cm³/mol. The van der Waals surface area contributed by atoms with Gasteiger partial charge in [-0.25, -0.2) is 13.1 Å². The first-order valence-electron chi connectivity index (χ1n) is 7.85. The molecule has 0 saturated heterocycles. The molecule has 1 aliphatic heterocycles. The van der Waals surface area contributed by atoms with Gasteiger partial charge in [0.25, 0.3) is 0 Å². The third-order valence-electron chi connectivity index (χ3n) is 3.82. The largest absolute Gasteiger partial charge is 0.486 e. The average Bonchev–Trinajstić information content (AvgIpc) is 3.21. The van der Waals surface area contributed by atoms with E-state index >= 15 is 0 Å². The van der Waals surface area contributed by atoms with E-state index < -0.39 is 10.0 Å². The third kappa shape index (κ3) is 3.26. The standard InChI is InChI=1S/C17H15N3O5S/c21-26(22,13-1-2-15-16(9-13)25-8-7-24-15)20-10-14-17(19-5-4-18-14)12-3-6-23-11-12/h1-6,9,11,20H,7-8,10H2. The Labute approximate surface area is 149 Å². The topological polar surface area (TPSA) is 104 Å². The van der Waals surface area contributed by atoms with E-state index in [-0.39, 0.29) is 11.4 Å². The maximum absolute atomic E-state index is 12.6. The minimum absolute atomic E-state index is 0.00880. The lowest BCUT2D eigenvalue weighted by Crippen LogP contribution is -2.24. The number of rotatable bonds is 5. The van der Waals surface area contributed by atoms with Crippen LogP contribution in [-0.2, 0) is 16.6 Å². The molecular formula is C17H15N3O5S. The van der Waals surface area contributed by atoms with Gasteiger partial charge in [-0.1, -0.05) is 0 Å². The molecule has 0 radical (unpaired) electrons. The van der Waals surface area contributed by atoms with E-state index in [1.807, 2.05) is 0 Å². The first-order chi connectivity index (χ1) is 12.6. The van der Waals surface area contributed by atoms with Crippen LogP contribution in [0.4, 0.5) is 0 Å². The lowest BCUT2D eigenvalue weighted by atomic mass is 10.2. The average molecular weight is 373 g/mol. The smallest absolute Gasteiger partial charge is 0.241 e. The zero-order valence-electron chi connectivity index (χ0n) is 13.6. The molecule has 1 aliphatic rings. The van der Waals surface area contributed by atoms with Crippen molar-refractivity contribution in [3.05, 3.63) is 54.9 Å². The number of ether oxygens (including phenoxy) is 2. The fourth-order valence-electron chi connectivity index (χ4n) is 2.57. The molecule has 1 aromatic carbocycles. The molecule has 2 aromatic heterocycles. The van der Waals surface area contributed by atoms with E-state index in [4.69, 9.17) is 13.9 Å². The van der Waals surface area contributed by atoms with Crippen LogP contribution in [-0.4, -0.2) is 31.6 Å². The Bertz CT molecular complexity index is 1020. The van der Waals surface area contributed by atoms with Gasteiger partial charge in [0.15, 0.2) is 11.5 Å². The van der Waals surface area contributed by atoms with E-state index in [0.717, 1.165) is 5.56 Å². The van der Waals surface area contributed by atoms with Crippen LogP contribution in [0.5, 0.6) is 11.5 Å². The molecule has 0 amide bonds. The number of nitrogens with one attached hydrogen (secondary N) is 1. The van der Waals surface area contributed by atoms with E-state index in [1.54, 1.807) is 18.3 Å². The lowest BCUT2D eigenvalue weighted by molar-refractivity contribution is 0.171. The molecule has 0 saturated carbocycles. The molecule has 1 N–H and O–H groups in total. The highest BCUT2D eigenvalue weighted by atomic mass is 32.2. The molecule has 0 atom stereocenters. The van der Waals surface area contributed by atoms with Crippen LogP contribution in [0, 0.1) is 0 Å². The van der Waals surface area contributed by atoms with Gasteiger partial charge in [-0.05, 0) is 18.2 Å². The van der Waals surface area contributed by atoms with Gasteiger partial charge in [-0.3, -0.25) is 9.97 Å². The van der Waals surface area contributed by atoms with Gasteiger partial charge >= 0.3 is 0 Å². The van der Waals surface area contributed by atoms with Gasteiger partial charge in [-0.2, -0.15) is 0 Å². The van der Waals surface area contributed by atoms with Crippen LogP contribution in [0.2, 0.25) is 0 Å². The molecule has 3 heterocycles. The fourth-order valence-corrected chi connectivity index (χ4v) is 3.58. The number of hydrogen-bond acceptors (Lipinski definition) is 7. The normalized spacial score (nSPS) is 13.5. The molecule has 134 valence electrons. The lowest BCUT2D eigenvalue weighted by Gasteiger charge is -2.19. The zero-order valence-corrected chi connectivity index (χ0v) is 14.4. The summed E-state index contributed by atoms with van der Waals surface area (Å²) < 4.78 is 43.7. The van der Waals surface area contributed by atoms with Gasteiger partial charge in [0, 0.05) is 24.0 Å². The van der Waals surface area contributed by atoms with Gasteiger partial charge in [0.05, 0.1) is 35.4 Å². The molecule has 4 rings (SSSR count). The van der Waals surface area contributed by atoms with E-state index in [1.165, 1.54) is 30.9 Å². The summed E-state index contributed by atoms with van der Waals surface area (Å²) in [6.07, 6.45) is 6.11. The molecular weight excluding hydrogens is 358 g/mol. The van der Waals surface area contributed by atoms with Crippen molar-refractivity contribution < 1.29 is 22.3 Å². The van der Waals surface area contributed by atoms with Gasteiger partial charge in [-0.15, -0.1) is 0 Å². The number of benzene rings is 1. The maximum Gasteiger partial charge on any atom is 0.241 e. The van der Waals surface area contributed by atoms with Crippen molar-refractivity contribution in [3.63, 3.8) is 0 Å². The second-order valence-electron chi connectivity index (χ2n) is 5.49. The minimum Gasteiger partial charge on any atom is -0.486 e. The van der Waals surface area contributed by atoms with Crippen molar-refractivity contribution in [1.82, 2.24) is 14.7 Å². The van der Waals surface area contributed by atoms with Crippen LogP contribution in [0.15, 0.2) is 58.5 Å². The Kier molecular flexibility index (Phi) is 4.31. The van der Waals surface area contributed by atoms with Crippen molar-refractivity contribution in [2.45, 2.75) is 11.4 Å². The van der Waals surface area contributed by atoms with Crippen LogP contribution in [0.25, 0.3) is 11.3 Å². The third-order valence-corrected chi connectivity index (χ3v) is 5.22. The number of aromatic nitrogens is 2. The number of fused-ring (bicyclic) bond motifs is 1. The summed E-state index contributed by atoms with van der Waals surface area (Å²) in [6, 6.07) is 6.25. The van der Waals surface area contributed by atoms with Crippen LogP contribution in [0.1, 0.15) is 5.69 Å². The van der Waals surface area contributed by atoms with Gasteiger partial charge in [0.2, 0.25) is 10.0 Å². The molecule has 26 heavy (non-hydrogen) atoms. The molecule has 3 aromatic rings. The summed E-state index contributed by atoms with van der Waals surface area (Å²) in [4.78, 5) is 8.58. The van der Waals surface area contributed by atoms with Crippen molar-refractivity contribution in [1.29, 1.82) is 0 Å². The Morgan fingerprint density at radius 2 is 1.85 bits per heavy atom. The summed E-state index contributed by atoms with van der Waals surface area (Å²) in [6.45, 7) is 0.823. The Morgan fingerprint density at radius 3 is 2.65 bits per heavy atom. The van der Waals surface area contributed by atoms with Gasteiger partial charge in [0.1, 0.15) is 13.2 Å². The molecule has 0 bridgehead atoms. The first-order valence-corrected chi connectivity index (χ1v) is 9.33. The van der Waals surface area contributed by atoms with Crippen molar-refractivity contribution in [2.75, 3.05) is 13.2 Å². The monoisotopic (exact) mass is 373 g/mol. The molecule has 0 fully saturated rings. The SMILES string of the molecule is O=S(=O)(NCc1nccnc1-c1ccoc1)c1ccc2c(c1)OCCO2. The van der Waals surface area contributed by atoms with Crippen LogP contribution >= 0.6 is 0 Å². The molecule has 0 aliphatic carbocycles. The second-order valence-corrected chi connectivity index (χ2v) is 7.26. The number of hydrogen-bond donors (Lipinski definition) is 1. The summed E-state index contributed by atoms with van der Waals surface area (Å²) in [5, 5.41) is 0. The highest BCUT2D eigenvalue weighted by Crippen LogP contribution is 2.32. The van der Waals surface area contributed by atoms with E-state index in [0.29, 0.717) is 36.1 Å². The highest BCUT2D eigenvalue weighted by molar-refractivity contribution is 7.89. The molecule has 9 heteroatoms. The summed E-state index contributed by atoms with van der Waals surface area (Å²) in [7, 11) is -3.75. The first kappa shape index (κ1) is 16.6. The van der Waals surface area contributed by atoms with Crippen molar-refractivity contribution in [3.8, 4) is 22.8 Å². The highest BCUT2D eigenvalue weighted by Gasteiger charge is 2.20. The van der Waals surface area contributed by atoms with Gasteiger partial charge < -0.3 is 13.9 Å². The fraction of sp³-hybridized carbons (Fsp3) is 0.176. The molecule has 0 spiro atoms. The zero-order chi connectivity index (χ0) is 18.0. The Morgan fingerprint density at radius 1 is 1.04 bits per heavy atom. The minimum atomic E-state index is -3.75. The predicted octanol–water partition coefficient (Wildman–Crippen LogP) is 1.99. The molecule has 8 nitrogen and oxygen atoms in total. The number of sulfonamides is 1. The van der Waals surface area contributed by atoms with Crippen molar-refractivity contribution >= 4 is 10.0 Å². The number of nitrogens with zero attached hydrogens (tertiary/aromatic N) is 2. The summed E-state index contributed by atoms with van der Waals surface area (Å²) >= 11 is 0. The Balaban J connectivity index is 1.56. The second kappa shape index (κ2) is 6.77. The van der Waals surface area contributed by atoms with Crippen LogP contribution < -0.4 is 14.2 Å². The molecule has 0 unspecified atom stereocenters. The summed E-state index contributed by atoms with van der Waals surface area (Å²) in [5.74, 6) is 0.948. The summed E-state index contributed by atoms with van der Waals surface area (Å²) in [5.41, 5.74) is 1.78. The Hall–Kier alpha value is -2.91.